The molecule has 5 nitrogen and oxygen atoms in total. The second kappa shape index (κ2) is 5.62. The first kappa shape index (κ1) is 14.2. The molecule has 0 aliphatic heterocycles. The molecule has 0 radical (unpaired) electrons. The Morgan fingerprint density at radius 3 is 2.71 bits per heavy atom. The Balaban J connectivity index is 2.48. The number of nitrogens with zero attached hydrogens (tertiary/aromatic N) is 3. The van der Waals surface area contributed by atoms with E-state index >= 15 is 0 Å². The van der Waals surface area contributed by atoms with Gasteiger partial charge in [0.05, 0.1) is 11.3 Å². The largest absolute Gasteiger partial charge is 0.388 e. The maximum Gasteiger partial charge on any atom is 0.0869 e. The van der Waals surface area contributed by atoms with Gasteiger partial charge in [-0.05, 0) is 34.0 Å². The minimum atomic E-state index is -0.726. The molecule has 0 amide bonds. The first-order valence-corrected chi connectivity index (χ1v) is 5.90. The Labute approximate surface area is 103 Å². The van der Waals surface area contributed by atoms with E-state index in [2.05, 4.69) is 17.3 Å². The van der Waals surface area contributed by atoms with Crippen LogP contribution in [0, 0.1) is 0 Å². The molecule has 98 valence electrons. The Kier molecular flexibility index (Phi) is 4.68. The summed E-state index contributed by atoms with van der Waals surface area (Å²) in [5.41, 5.74) is 0.391. The molecule has 2 unspecified atom stereocenters. The van der Waals surface area contributed by atoms with Crippen LogP contribution in [0.3, 0.4) is 0 Å². The SMILES string of the molecule is CC(NCC(C)(O)CN(C)C)c1ccnn1C. The molecule has 2 atom stereocenters. The lowest BCUT2D eigenvalue weighted by Crippen LogP contribution is -2.46. The van der Waals surface area contributed by atoms with Crippen LogP contribution in [-0.4, -0.2) is 52.6 Å². The van der Waals surface area contributed by atoms with Crippen molar-refractivity contribution in [2.75, 3.05) is 27.2 Å². The summed E-state index contributed by atoms with van der Waals surface area (Å²) in [5, 5.41) is 17.6. The number of aromatic nitrogens is 2. The van der Waals surface area contributed by atoms with Crippen LogP contribution in [0.2, 0.25) is 0 Å². The van der Waals surface area contributed by atoms with Crippen LogP contribution < -0.4 is 5.32 Å². The fourth-order valence-electron chi connectivity index (χ4n) is 2.02. The molecular formula is C12H24N4O. The topological polar surface area (TPSA) is 53.3 Å². The van der Waals surface area contributed by atoms with E-state index in [9.17, 15) is 5.11 Å². The molecule has 0 saturated carbocycles. The molecule has 0 spiro atoms. The Bertz CT molecular complexity index is 346. The van der Waals surface area contributed by atoms with E-state index in [1.165, 1.54) is 0 Å². The standard InChI is InChI=1S/C12H24N4O/c1-10(11-6-7-14-16(11)5)13-8-12(2,17)9-15(3)4/h6-7,10,13,17H,8-9H2,1-5H3. The molecule has 0 saturated heterocycles. The number of hydrogen-bond donors (Lipinski definition) is 2. The lowest BCUT2D eigenvalue weighted by molar-refractivity contribution is 0.0315. The van der Waals surface area contributed by atoms with Crippen molar-refractivity contribution in [3.8, 4) is 0 Å². The van der Waals surface area contributed by atoms with Crippen molar-refractivity contribution < 1.29 is 5.11 Å². The van der Waals surface area contributed by atoms with E-state index in [4.69, 9.17) is 0 Å². The first-order valence-electron chi connectivity index (χ1n) is 5.90. The number of rotatable bonds is 6. The third-order valence-electron chi connectivity index (χ3n) is 2.75. The van der Waals surface area contributed by atoms with Gasteiger partial charge in [0.2, 0.25) is 0 Å². The highest BCUT2D eigenvalue weighted by atomic mass is 16.3. The van der Waals surface area contributed by atoms with Crippen LogP contribution in [0.4, 0.5) is 0 Å². The summed E-state index contributed by atoms with van der Waals surface area (Å²) in [6.45, 7) is 5.11. The molecule has 0 aromatic carbocycles. The maximum atomic E-state index is 10.2. The highest BCUT2D eigenvalue weighted by Gasteiger charge is 2.22. The van der Waals surface area contributed by atoms with Crippen LogP contribution in [0.15, 0.2) is 12.3 Å². The monoisotopic (exact) mass is 240 g/mol. The van der Waals surface area contributed by atoms with Crippen molar-refractivity contribution in [1.29, 1.82) is 0 Å². The molecule has 1 aromatic heterocycles. The van der Waals surface area contributed by atoms with Gasteiger partial charge < -0.3 is 15.3 Å². The zero-order valence-electron chi connectivity index (χ0n) is 11.4. The van der Waals surface area contributed by atoms with Gasteiger partial charge in [-0.1, -0.05) is 0 Å². The molecule has 0 fully saturated rings. The fourth-order valence-corrected chi connectivity index (χ4v) is 2.02. The number of aryl methyl sites for hydroxylation is 1. The highest BCUT2D eigenvalue weighted by Crippen LogP contribution is 2.12. The predicted molar refractivity (Wildman–Crippen MR) is 68.8 cm³/mol. The average molecular weight is 240 g/mol. The van der Waals surface area contributed by atoms with Crippen molar-refractivity contribution in [2.45, 2.75) is 25.5 Å². The van der Waals surface area contributed by atoms with Gasteiger partial charge in [0.15, 0.2) is 0 Å². The van der Waals surface area contributed by atoms with E-state index in [1.54, 1.807) is 6.20 Å². The minimum absolute atomic E-state index is 0.177. The van der Waals surface area contributed by atoms with Crippen molar-refractivity contribution in [3.63, 3.8) is 0 Å². The number of aliphatic hydroxyl groups is 1. The van der Waals surface area contributed by atoms with Crippen molar-refractivity contribution in [2.24, 2.45) is 7.05 Å². The van der Waals surface area contributed by atoms with Crippen LogP contribution in [0.5, 0.6) is 0 Å². The van der Waals surface area contributed by atoms with Crippen LogP contribution in [0.1, 0.15) is 25.6 Å². The molecule has 2 N–H and O–H groups in total. The zero-order chi connectivity index (χ0) is 13.1. The maximum absolute atomic E-state index is 10.2. The van der Waals surface area contributed by atoms with E-state index in [-0.39, 0.29) is 6.04 Å². The second-order valence-corrected chi connectivity index (χ2v) is 5.22. The van der Waals surface area contributed by atoms with Gasteiger partial charge >= 0.3 is 0 Å². The van der Waals surface area contributed by atoms with E-state index in [1.807, 2.05) is 43.7 Å². The molecule has 17 heavy (non-hydrogen) atoms. The Morgan fingerprint density at radius 2 is 2.24 bits per heavy atom. The summed E-state index contributed by atoms with van der Waals surface area (Å²) < 4.78 is 1.85. The van der Waals surface area contributed by atoms with Crippen molar-refractivity contribution in [3.05, 3.63) is 18.0 Å². The van der Waals surface area contributed by atoms with E-state index < -0.39 is 5.60 Å². The lowest BCUT2D eigenvalue weighted by Gasteiger charge is -2.28. The van der Waals surface area contributed by atoms with E-state index in [0.29, 0.717) is 13.1 Å². The van der Waals surface area contributed by atoms with Gasteiger partial charge in [-0.3, -0.25) is 4.68 Å². The molecule has 1 rings (SSSR count). The number of hydrogen-bond acceptors (Lipinski definition) is 4. The smallest absolute Gasteiger partial charge is 0.0869 e. The van der Waals surface area contributed by atoms with Gasteiger partial charge in [0, 0.05) is 32.4 Å². The highest BCUT2D eigenvalue weighted by molar-refractivity contribution is 5.05. The molecule has 5 heteroatoms. The van der Waals surface area contributed by atoms with Gasteiger partial charge in [-0.2, -0.15) is 5.10 Å². The molecule has 0 aliphatic rings. The third kappa shape index (κ3) is 4.46. The van der Waals surface area contributed by atoms with Crippen LogP contribution in [0.25, 0.3) is 0 Å². The summed E-state index contributed by atoms with van der Waals surface area (Å²) in [6, 6.07) is 2.16. The van der Waals surface area contributed by atoms with E-state index in [0.717, 1.165) is 5.69 Å². The normalized spacial score (nSPS) is 17.1. The summed E-state index contributed by atoms with van der Waals surface area (Å²) in [7, 11) is 5.84. The van der Waals surface area contributed by atoms with Gasteiger partial charge in [-0.15, -0.1) is 0 Å². The summed E-state index contributed by atoms with van der Waals surface area (Å²) in [4.78, 5) is 1.98. The molecule has 1 heterocycles. The first-order chi connectivity index (χ1) is 7.82. The predicted octanol–water partition coefficient (Wildman–Crippen LogP) is 0.383. The van der Waals surface area contributed by atoms with Crippen molar-refractivity contribution in [1.82, 2.24) is 20.0 Å². The second-order valence-electron chi connectivity index (χ2n) is 5.22. The Morgan fingerprint density at radius 1 is 1.59 bits per heavy atom. The lowest BCUT2D eigenvalue weighted by atomic mass is 10.1. The minimum Gasteiger partial charge on any atom is -0.388 e. The molecular weight excluding hydrogens is 216 g/mol. The summed E-state index contributed by atoms with van der Waals surface area (Å²) in [6.07, 6.45) is 1.78. The fraction of sp³-hybridized carbons (Fsp3) is 0.750. The quantitative estimate of drug-likeness (QED) is 0.755. The van der Waals surface area contributed by atoms with Crippen LogP contribution >= 0.6 is 0 Å². The number of likely N-dealkylation sites (N-methyl/N-ethyl adjacent to an activating group) is 1. The van der Waals surface area contributed by atoms with Crippen molar-refractivity contribution >= 4 is 0 Å². The number of nitrogens with one attached hydrogen (secondary N) is 1. The van der Waals surface area contributed by atoms with Crippen LogP contribution in [-0.2, 0) is 7.05 Å². The summed E-state index contributed by atoms with van der Waals surface area (Å²) in [5.74, 6) is 0. The third-order valence-corrected chi connectivity index (χ3v) is 2.75. The summed E-state index contributed by atoms with van der Waals surface area (Å²) >= 11 is 0. The average Bonchev–Trinajstić information content (AvgIpc) is 2.59. The molecule has 1 aromatic rings. The van der Waals surface area contributed by atoms with Gasteiger partial charge in [0.1, 0.15) is 0 Å². The molecule has 0 bridgehead atoms. The zero-order valence-corrected chi connectivity index (χ0v) is 11.4. The Hall–Kier alpha value is -0.910. The van der Waals surface area contributed by atoms with Gasteiger partial charge in [-0.25, -0.2) is 0 Å². The molecule has 0 aliphatic carbocycles. The van der Waals surface area contributed by atoms with Gasteiger partial charge in [0.25, 0.3) is 0 Å².